The molecule has 1 aromatic rings. The summed E-state index contributed by atoms with van der Waals surface area (Å²) in [5.74, 6) is 1.50. The number of nitrogens with zero attached hydrogens (tertiary/aromatic N) is 4. The number of aryl methyl sites for hydroxylation is 1. The monoisotopic (exact) mass is 401 g/mol. The number of hydrogen-bond acceptors (Lipinski definition) is 7. The lowest BCUT2D eigenvalue weighted by Gasteiger charge is -2.16. The molecule has 1 saturated heterocycles. The van der Waals surface area contributed by atoms with Crippen molar-refractivity contribution in [3.05, 3.63) is 29.3 Å². The van der Waals surface area contributed by atoms with Crippen molar-refractivity contribution in [2.75, 3.05) is 0 Å². The molecule has 1 aromatic heterocycles. The molecule has 3 rings (SSSR count). The number of aromatic nitrogens is 4. The van der Waals surface area contributed by atoms with Gasteiger partial charge in [0.15, 0.2) is 5.82 Å². The molecule has 1 aliphatic heterocycles. The highest BCUT2D eigenvalue weighted by atomic mass is 16.5. The third-order valence-electron chi connectivity index (χ3n) is 5.95. The molecule has 1 saturated carbocycles. The summed E-state index contributed by atoms with van der Waals surface area (Å²) in [4.78, 5) is 0. The number of nitrogens with one attached hydrogen (secondary N) is 1. The molecule has 0 aromatic carbocycles. The summed E-state index contributed by atoms with van der Waals surface area (Å²) in [5, 5.41) is 44.0. The Bertz CT molecular complexity index is 740. The third kappa shape index (κ3) is 5.64. The first-order valence-corrected chi connectivity index (χ1v) is 10.7. The minimum absolute atomic E-state index is 0.0439. The van der Waals surface area contributed by atoms with E-state index < -0.39 is 12.2 Å². The van der Waals surface area contributed by atoms with Crippen LogP contribution in [0.5, 0.6) is 0 Å². The maximum absolute atomic E-state index is 10.4. The van der Waals surface area contributed by atoms with E-state index in [1.54, 1.807) is 0 Å². The Morgan fingerprint density at radius 2 is 2.28 bits per heavy atom. The highest BCUT2D eigenvalue weighted by Crippen LogP contribution is 2.46. The Labute approximate surface area is 171 Å². The van der Waals surface area contributed by atoms with Gasteiger partial charge >= 0.3 is 0 Å². The van der Waals surface area contributed by atoms with Crippen molar-refractivity contribution in [1.29, 1.82) is 5.26 Å². The molecular weight excluding hydrogens is 370 g/mol. The van der Waals surface area contributed by atoms with E-state index in [1.165, 1.54) is 0 Å². The van der Waals surface area contributed by atoms with Crippen molar-refractivity contribution >= 4 is 0 Å². The molecule has 8 heteroatoms. The topological polar surface area (TPSA) is 128 Å². The van der Waals surface area contributed by atoms with E-state index in [0.717, 1.165) is 37.9 Å². The number of fused-ring (bicyclic) bond motifs is 1. The van der Waals surface area contributed by atoms with Crippen LogP contribution < -0.4 is 0 Å². The molecule has 2 aliphatic rings. The molecule has 5 atom stereocenters. The molecular formula is C21H31N5O3. The zero-order valence-corrected chi connectivity index (χ0v) is 17.0. The number of unbranched alkanes of at least 4 members (excludes halogenated alkanes) is 2. The second kappa shape index (κ2) is 10.5. The van der Waals surface area contributed by atoms with Crippen LogP contribution >= 0.6 is 0 Å². The fraction of sp³-hybridized carbons (Fsp3) is 0.714. The van der Waals surface area contributed by atoms with E-state index in [4.69, 9.17) is 4.74 Å². The molecule has 0 radical (unpaired) electrons. The molecule has 0 bridgehead atoms. The first-order valence-electron chi connectivity index (χ1n) is 10.7. The fourth-order valence-electron chi connectivity index (χ4n) is 4.34. The summed E-state index contributed by atoms with van der Waals surface area (Å²) >= 11 is 0. The van der Waals surface area contributed by atoms with E-state index in [0.29, 0.717) is 37.1 Å². The van der Waals surface area contributed by atoms with Gasteiger partial charge in [-0.05, 0) is 19.3 Å². The number of H-pyrrole nitrogens is 1. The third-order valence-corrected chi connectivity index (χ3v) is 5.95. The predicted octanol–water partition coefficient (Wildman–Crippen LogP) is 2.58. The summed E-state index contributed by atoms with van der Waals surface area (Å²) in [7, 11) is 0. The van der Waals surface area contributed by atoms with E-state index in [-0.39, 0.29) is 17.9 Å². The van der Waals surface area contributed by atoms with Crippen LogP contribution in [0.4, 0.5) is 0 Å². The molecule has 8 nitrogen and oxygen atoms in total. The van der Waals surface area contributed by atoms with Crippen LogP contribution in [0, 0.1) is 23.2 Å². The molecule has 2 heterocycles. The molecule has 3 N–H and O–H groups in total. The Hall–Kier alpha value is -2.24. The SMILES string of the molecule is CCCCC[C@H](O)C=C[C@@H]1[C@H]2CC(=C(C#N)CCCc3nn[nH]n3)O[C@H]2C[C@H]1O. The fourth-order valence-corrected chi connectivity index (χ4v) is 4.34. The molecule has 1 aliphatic carbocycles. The first kappa shape index (κ1) is 21.5. The van der Waals surface area contributed by atoms with Crippen LogP contribution in [0.15, 0.2) is 23.5 Å². The number of tetrazole rings is 1. The van der Waals surface area contributed by atoms with Gasteiger partial charge < -0.3 is 14.9 Å². The number of nitriles is 1. The van der Waals surface area contributed by atoms with Gasteiger partial charge in [0.2, 0.25) is 0 Å². The maximum Gasteiger partial charge on any atom is 0.174 e. The Balaban J connectivity index is 1.56. The van der Waals surface area contributed by atoms with Crippen LogP contribution in [-0.4, -0.2) is 49.1 Å². The maximum atomic E-state index is 10.4. The van der Waals surface area contributed by atoms with Gasteiger partial charge in [0, 0.05) is 31.1 Å². The van der Waals surface area contributed by atoms with Crippen molar-refractivity contribution in [2.24, 2.45) is 11.8 Å². The summed E-state index contributed by atoms with van der Waals surface area (Å²) in [5.41, 5.74) is 0.666. The number of aliphatic hydroxyl groups excluding tert-OH is 2. The van der Waals surface area contributed by atoms with Gasteiger partial charge in [-0.25, -0.2) is 0 Å². The van der Waals surface area contributed by atoms with Gasteiger partial charge in [0.25, 0.3) is 0 Å². The van der Waals surface area contributed by atoms with E-state index in [9.17, 15) is 15.5 Å². The second-order valence-electron chi connectivity index (χ2n) is 8.05. The lowest BCUT2D eigenvalue weighted by atomic mass is 9.89. The van der Waals surface area contributed by atoms with Crippen molar-refractivity contribution in [2.45, 2.75) is 83.0 Å². The minimum Gasteiger partial charge on any atom is -0.493 e. The van der Waals surface area contributed by atoms with Crippen molar-refractivity contribution in [3.63, 3.8) is 0 Å². The summed E-state index contributed by atoms with van der Waals surface area (Å²) in [6, 6.07) is 2.29. The number of hydrogen-bond donors (Lipinski definition) is 3. The highest BCUT2D eigenvalue weighted by Gasteiger charge is 2.47. The standard InChI is InChI=1S/C21H31N5O3/c1-2-3-4-7-15(27)9-10-16-17-11-19(29-20(17)12-18(16)28)14(13-22)6-5-8-21-23-25-26-24-21/h9-10,15-18,20,27-28H,2-8,11-12H2,1H3,(H,23,24,25,26)/t15-,16+,17+,18+,20-/m0/s1. The smallest absolute Gasteiger partial charge is 0.174 e. The number of ether oxygens (including phenoxy) is 1. The van der Waals surface area contributed by atoms with Gasteiger partial charge in [-0.15, -0.1) is 10.2 Å². The number of aliphatic hydroxyl groups is 2. The highest BCUT2D eigenvalue weighted by molar-refractivity contribution is 5.28. The number of aromatic amines is 1. The lowest BCUT2D eigenvalue weighted by molar-refractivity contribution is 0.111. The predicted molar refractivity (Wildman–Crippen MR) is 106 cm³/mol. The molecule has 158 valence electrons. The minimum atomic E-state index is -0.468. The van der Waals surface area contributed by atoms with E-state index in [2.05, 4.69) is 33.6 Å². The van der Waals surface area contributed by atoms with Crippen molar-refractivity contribution < 1.29 is 14.9 Å². The molecule has 2 fully saturated rings. The van der Waals surface area contributed by atoms with Gasteiger partial charge in [-0.1, -0.05) is 43.6 Å². The molecule has 29 heavy (non-hydrogen) atoms. The van der Waals surface area contributed by atoms with Crippen LogP contribution in [0.1, 0.15) is 64.1 Å². The summed E-state index contributed by atoms with van der Waals surface area (Å²) < 4.78 is 6.06. The molecule has 0 amide bonds. The Morgan fingerprint density at radius 3 is 3.00 bits per heavy atom. The first-order chi connectivity index (χ1) is 14.1. The van der Waals surface area contributed by atoms with Crippen LogP contribution in [0.2, 0.25) is 0 Å². The van der Waals surface area contributed by atoms with Gasteiger partial charge in [0.05, 0.1) is 23.9 Å². The quantitative estimate of drug-likeness (QED) is 0.312. The normalized spacial score (nSPS) is 28.9. The van der Waals surface area contributed by atoms with Gasteiger partial charge in [-0.3, -0.25) is 0 Å². The Kier molecular flexibility index (Phi) is 7.78. The van der Waals surface area contributed by atoms with Crippen LogP contribution in [-0.2, 0) is 11.2 Å². The van der Waals surface area contributed by atoms with E-state index >= 15 is 0 Å². The van der Waals surface area contributed by atoms with E-state index in [1.807, 2.05) is 12.2 Å². The zero-order chi connectivity index (χ0) is 20.6. The Morgan fingerprint density at radius 1 is 1.41 bits per heavy atom. The zero-order valence-electron chi connectivity index (χ0n) is 17.0. The molecule has 0 unspecified atom stereocenters. The number of rotatable bonds is 10. The average molecular weight is 402 g/mol. The van der Waals surface area contributed by atoms with Crippen molar-refractivity contribution in [1.82, 2.24) is 20.6 Å². The van der Waals surface area contributed by atoms with Gasteiger partial charge in [0.1, 0.15) is 11.9 Å². The molecule has 0 spiro atoms. The van der Waals surface area contributed by atoms with Crippen LogP contribution in [0.3, 0.4) is 0 Å². The number of allylic oxidation sites excluding steroid dienone is 2. The lowest BCUT2D eigenvalue weighted by Crippen LogP contribution is -2.18. The van der Waals surface area contributed by atoms with Gasteiger partial charge in [-0.2, -0.15) is 10.5 Å². The summed E-state index contributed by atoms with van der Waals surface area (Å²) in [6.07, 6.45) is 10.0. The second-order valence-corrected chi connectivity index (χ2v) is 8.05. The average Bonchev–Trinajstić information content (AvgIpc) is 3.41. The van der Waals surface area contributed by atoms with Crippen molar-refractivity contribution in [3.8, 4) is 6.07 Å². The largest absolute Gasteiger partial charge is 0.493 e. The summed E-state index contributed by atoms with van der Waals surface area (Å²) in [6.45, 7) is 2.14. The van der Waals surface area contributed by atoms with Crippen LogP contribution in [0.25, 0.3) is 0 Å².